The molecule has 0 aromatic heterocycles. The first-order valence-electron chi connectivity index (χ1n) is 4.19. The van der Waals surface area contributed by atoms with Gasteiger partial charge in [-0.3, -0.25) is 0 Å². The molecule has 66 valence electrons. The van der Waals surface area contributed by atoms with Gasteiger partial charge in [0.25, 0.3) is 0 Å². The second-order valence-corrected chi connectivity index (χ2v) is 3.29. The average Bonchev–Trinajstić information content (AvgIpc) is 2.04. The van der Waals surface area contributed by atoms with Crippen molar-refractivity contribution in [3.05, 3.63) is 0 Å². The van der Waals surface area contributed by atoms with Gasteiger partial charge in [-0.25, -0.2) is 0 Å². The Morgan fingerprint density at radius 3 is 2.27 bits per heavy atom. The monoisotopic (exact) mass is 160 g/mol. The highest BCUT2D eigenvalue weighted by molar-refractivity contribution is 4.80. The van der Waals surface area contributed by atoms with Crippen molar-refractivity contribution in [3.8, 4) is 0 Å². The minimum atomic E-state index is -0.411. The molecule has 0 amide bonds. The number of hydrogen-bond donors (Lipinski definition) is 3. The van der Waals surface area contributed by atoms with Crippen molar-refractivity contribution >= 4 is 0 Å². The minimum Gasteiger partial charge on any atom is -0.396 e. The van der Waals surface area contributed by atoms with Crippen molar-refractivity contribution < 1.29 is 15.3 Å². The van der Waals surface area contributed by atoms with E-state index in [0.717, 1.165) is 19.3 Å². The predicted molar refractivity (Wildman–Crippen MR) is 41.0 cm³/mol. The standard InChI is InChI=1S/C8H16O3/c9-4-6-2-1-3-8(11)7(6)5-10/h6-11H,1-5H2/t6-,7+,8+/m1/s1. The minimum absolute atomic E-state index is 0.00755. The zero-order valence-corrected chi connectivity index (χ0v) is 6.61. The van der Waals surface area contributed by atoms with Crippen LogP contribution in [-0.2, 0) is 0 Å². The summed E-state index contributed by atoms with van der Waals surface area (Å²) in [6, 6.07) is 0. The molecule has 3 nitrogen and oxygen atoms in total. The second kappa shape index (κ2) is 4.04. The molecule has 1 rings (SSSR count). The Labute approximate surface area is 66.7 Å². The Morgan fingerprint density at radius 2 is 1.82 bits per heavy atom. The lowest BCUT2D eigenvalue weighted by Gasteiger charge is -2.32. The maximum atomic E-state index is 9.40. The van der Waals surface area contributed by atoms with E-state index in [1.165, 1.54) is 0 Å². The van der Waals surface area contributed by atoms with Gasteiger partial charge in [0.2, 0.25) is 0 Å². The predicted octanol–water partition coefficient (Wildman–Crippen LogP) is -0.252. The largest absolute Gasteiger partial charge is 0.396 e. The van der Waals surface area contributed by atoms with Crippen molar-refractivity contribution in [3.63, 3.8) is 0 Å². The summed E-state index contributed by atoms with van der Waals surface area (Å²) in [6.07, 6.45) is 2.24. The number of aliphatic hydroxyl groups is 3. The Balaban J connectivity index is 2.48. The van der Waals surface area contributed by atoms with Gasteiger partial charge in [0.15, 0.2) is 0 Å². The molecule has 0 heterocycles. The first kappa shape index (κ1) is 8.97. The molecule has 1 fully saturated rings. The van der Waals surface area contributed by atoms with Crippen molar-refractivity contribution in [2.24, 2.45) is 11.8 Å². The van der Waals surface area contributed by atoms with Crippen LogP contribution in [-0.4, -0.2) is 34.6 Å². The van der Waals surface area contributed by atoms with Crippen LogP contribution in [0.1, 0.15) is 19.3 Å². The van der Waals surface area contributed by atoms with E-state index in [2.05, 4.69) is 0 Å². The van der Waals surface area contributed by atoms with Crippen LogP contribution in [0, 0.1) is 11.8 Å². The zero-order chi connectivity index (χ0) is 8.27. The molecule has 0 aromatic rings. The van der Waals surface area contributed by atoms with Crippen LogP contribution in [0.3, 0.4) is 0 Å². The van der Waals surface area contributed by atoms with Crippen molar-refractivity contribution in [1.82, 2.24) is 0 Å². The van der Waals surface area contributed by atoms with E-state index in [1.807, 2.05) is 0 Å². The number of rotatable bonds is 2. The van der Waals surface area contributed by atoms with Gasteiger partial charge in [-0.2, -0.15) is 0 Å². The first-order chi connectivity index (χ1) is 5.29. The van der Waals surface area contributed by atoms with E-state index in [1.54, 1.807) is 0 Å². The Hall–Kier alpha value is -0.120. The molecule has 3 atom stereocenters. The Morgan fingerprint density at radius 1 is 1.09 bits per heavy atom. The van der Waals surface area contributed by atoms with E-state index < -0.39 is 6.10 Å². The highest BCUT2D eigenvalue weighted by Crippen LogP contribution is 2.29. The molecule has 0 radical (unpaired) electrons. The highest BCUT2D eigenvalue weighted by Gasteiger charge is 2.30. The highest BCUT2D eigenvalue weighted by atomic mass is 16.3. The third kappa shape index (κ3) is 1.92. The molecule has 1 saturated carbocycles. The first-order valence-corrected chi connectivity index (χ1v) is 4.19. The normalized spacial score (nSPS) is 39.0. The van der Waals surface area contributed by atoms with Gasteiger partial charge in [-0.15, -0.1) is 0 Å². The quantitative estimate of drug-likeness (QED) is 0.522. The zero-order valence-electron chi connectivity index (χ0n) is 6.61. The van der Waals surface area contributed by atoms with Crippen molar-refractivity contribution in [1.29, 1.82) is 0 Å². The molecule has 11 heavy (non-hydrogen) atoms. The van der Waals surface area contributed by atoms with Crippen LogP contribution >= 0.6 is 0 Å². The molecule has 0 aromatic carbocycles. The second-order valence-electron chi connectivity index (χ2n) is 3.29. The maximum Gasteiger partial charge on any atom is 0.0593 e. The number of hydrogen-bond acceptors (Lipinski definition) is 3. The summed E-state index contributed by atoms with van der Waals surface area (Å²) >= 11 is 0. The van der Waals surface area contributed by atoms with E-state index >= 15 is 0 Å². The SMILES string of the molecule is OC[C@H]1CCC[C@H](O)[C@H]1CO. The maximum absolute atomic E-state index is 9.40. The van der Waals surface area contributed by atoms with Crippen LogP contribution in [0.4, 0.5) is 0 Å². The average molecular weight is 160 g/mol. The third-order valence-electron chi connectivity index (χ3n) is 2.62. The van der Waals surface area contributed by atoms with Crippen molar-refractivity contribution in [2.75, 3.05) is 13.2 Å². The molecule has 1 aliphatic rings. The van der Waals surface area contributed by atoms with Gasteiger partial charge >= 0.3 is 0 Å². The lowest BCUT2D eigenvalue weighted by molar-refractivity contribution is -0.0171. The summed E-state index contributed by atoms with van der Waals surface area (Å²) in [4.78, 5) is 0. The molecule has 0 saturated heterocycles. The van der Waals surface area contributed by atoms with Gasteiger partial charge in [-0.05, 0) is 18.8 Å². The smallest absolute Gasteiger partial charge is 0.0593 e. The van der Waals surface area contributed by atoms with Gasteiger partial charge in [0.1, 0.15) is 0 Å². The molecular weight excluding hydrogens is 144 g/mol. The number of aliphatic hydroxyl groups excluding tert-OH is 3. The fourth-order valence-corrected chi connectivity index (χ4v) is 1.83. The van der Waals surface area contributed by atoms with Crippen molar-refractivity contribution in [2.45, 2.75) is 25.4 Å². The topological polar surface area (TPSA) is 60.7 Å². The van der Waals surface area contributed by atoms with Gasteiger partial charge in [0.05, 0.1) is 6.10 Å². The fraction of sp³-hybridized carbons (Fsp3) is 1.00. The fourth-order valence-electron chi connectivity index (χ4n) is 1.83. The van der Waals surface area contributed by atoms with Crippen LogP contribution < -0.4 is 0 Å². The van der Waals surface area contributed by atoms with Gasteiger partial charge in [0, 0.05) is 19.1 Å². The van der Waals surface area contributed by atoms with Gasteiger partial charge < -0.3 is 15.3 Å². The molecule has 3 N–H and O–H groups in total. The van der Waals surface area contributed by atoms with Crippen LogP contribution in [0.5, 0.6) is 0 Å². The molecular formula is C8H16O3. The summed E-state index contributed by atoms with van der Waals surface area (Å²) in [7, 11) is 0. The van der Waals surface area contributed by atoms with Gasteiger partial charge in [-0.1, -0.05) is 6.42 Å². The van der Waals surface area contributed by atoms with Crippen LogP contribution in [0.25, 0.3) is 0 Å². The summed E-state index contributed by atoms with van der Waals surface area (Å²) in [6.45, 7) is 0.0781. The van der Waals surface area contributed by atoms with E-state index in [-0.39, 0.29) is 25.0 Å². The molecule has 1 aliphatic carbocycles. The Kier molecular flexibility index (Phi) is 3.30. The lowest BCUT2D eigenvalue weighted by Crippen LogP contribution is -2.36. The summed E-state index contributed by atoms with van der Waals surface area (Å²) in [5.41, 5.74) is 0. The molecule has 0 aliphatic heterocycles. The molecule has 0 unspecified atom stereocenters. The summed E-state index contributed by atoms with van der Waals surface area (Å²) < 4.78 is 0. The molecule has 3 heteroatoms. The molecule has 0 spiro atoms. The lowest BCUT2D eigenvalue weighted by atomic mass is 9.78. The van der Waals surface area contributed by atoms with Crippen LogP contribution in [0.15, 0.2) is 0 Å². The summed E-state index contributed by atoms with van der Waals surface area (Å²) in [5, 5.41) is 27.2. The van der Waals surface area contributed by atoms with E-state index in [0.29, 0.717) is 0 Å². The third-order valence-corrected chi connectivity index (χ3v) is 2.62. The van der Waals surface area contributed by atoms with E-state index in [4.69, 9.17) is 10.2 Å². The summed E-state index contributed by atoms with van der Waals surface area (Å²) in [5.74, 6) is -0.00231. The Bertz CT molecular complexity index is 116. The van der Waals surface area contributed by atoms with E-state index in [9.17, 15) is 5.11 Å². The molecule has 0 bridgehead atoms. The van der Waals surface area contributed by atoms with Crippen LogP contribution in [0.2, 0.25) is 0 Å².